The first kappa shape index (κ1) is 11.7. The quantitative estimate of drug-likeness (QED) is 0.860. The third-order valence-electron chi connectivity index (χ3n) is 3.00. The highest BCUT2D eigenvalue weighted by Gasteiger charge is 2.41. The van der Waals surface area contributed by atoms with Gasteiger partial charge in [-0.15, -0.1) is 0 Å². The molecule has 1 unspecified atom stereocenters. The molecule has 0 amide bonds. The van der Waals surface area contributed by atoms with Crippen molar-refractivity contribution in [2.75, 3.05) is 14.2 Å². The van der Waals surface area contributed by atoms with Crippen LogP contribution in [-0.4, -0.2) is 25.1 Å². The Bertz CT molecular complexity index is 504. The van der Waals surface area contributed by atoms with Gasteiger partial charge in [-0.05, 0) is 19.1 Å². The van der Waals surface area contributed by atoms with Gasteiger partial charge >= 0.3 is 0 Å². The van der Waals surface area contributed by atoms with E-state index in [-0.39, 0.29) is 5.78 Å². The number of carbonyl (C=O) groups excluding carboxylic acids is 1. The van der Waals surface area contributed by atoms with E-state index in [4.69, 9.17) is 9.47 Å². The largest absolute Gasteiger partial charge is 0.497 e. The van der Waals surface area contributed by atoms with E-state index in [2.05, 4.69) is 0 Å². The summed E-state index contributed by atoms with van der Waals surface area (Å²) in [5.41, 5.74) is -0.375. The first-order valence-corrected chi connectivity index (χ1v) is 5.22. The van der Waals surface area contributed by atoms with E-state index in [1.54, 1.807) is 25.3 Å². The second kappa shape index (κ2) is 3.89. The summed E-state index contributed by atoms with van der Waals surface area (Å²) in [6.07, 6.45) is 1.43. The molecule has 0 saturated heterocycles. The Morgan fingerprint density at radius 2 is 2.00 bits per heavy atom. The number of ketones is 1. The van der Waals surface area contributed by atoms with Crippen molar-refractivity contribution in [3.63, 3.8) is 0 Å². The van der Waals surface area contributed by atoms with Gasteiger partial charge in [-0.2, -0.15) is 0 Å². The summed E-state index contributed by atoms with van der Waals surface area (Å²) in [6.45, 7) is 1.35. The zero-order valence-corrected chi connectivity index (χ0v) is 9.98. The molecule has 1 aromatic carbocycles. The van der Waals surface area contributed by atoms with Gasteiger partial charge in [0.15, 0.2) is 11.4 Å². The lowest BCUT2D eigenvalue weighted by atomic mass is 9.92. The lowest BCUT2D eigenvalue weighted by molar-refractivity contribution is -0.131. The molecule has 0 spiro atoms. The molecular formula is C13H14O4. The van der Waals surface area contributed by atoms with E-state index in [0.29, 0.717) is 22.6 Å². The molecule has 0 heterocycles. The minimum Gasteiger partial charge on any atom is -0.497 e. The van der Waals surface area contributed by atoms with Gasteiger partial charge in [-0.3, -0.25) is 4.79 Å². The van der Waals surface area contributed by atoms with Gasteiger partial charge in [0.25, 0.3) is 0 Å². The van der Waals surface area contributed by atoms with Crippen LogP contribution in [0.5, 0.6) is 5.75 Å². The molecule has 2 rings (SSSR count). The molecule has 90 valence electrons. The van der Waals surface area contributed by atoms with Gasteiger partial charge < -0.3 is 14.6 Å². The van der Waals surface area contributed by atoms with Crippen LogP contribution in [0.4, 0.5) is 0 Å². The van der Waals surface area contributed by atoms with E-state index in [1.807, 2.05) is 0 Å². The monoisotopic (exact) mass is 234 g/mol. The van der Waals surface area contributed by atoms with Crippen LogP contribution in [0.1, 0.15) is 18.1 Å². The molecule has 0 aromatic heterocycles. The summed E-state index contributed by atoms with van der Waals surface area (Å²) >= 11 is 0. The maximum absolute atomic E-state index is 11.6. The summed E-state index contributed by atoms with van der Waals surface area (Å²) < 4.78 is 10.3. The van der Waals surface area contributed by atoms with Crippen molar-refractivity contribution < 1.29 is 19.4 Å². The summed E-state index contributed by atoms with van der Waals surface area (Å²) in [7, 11) is 3.06. The van der Waals surface area contributed by atoms with E-state index in [9.17, 15) is 9.90 Å². The van der Waals surface area contributed by atoms with Crippen molar-refractivity contribution in [1.82, 2.24) is 0 Å². The molecule has 1 N–H and O–H groups in total. The predicted octanol–water partition coefficient (Wildman–Crippen LogP) is 1.47. The maximum atomic E-state index is 11.6. The Balaban J connectivity index is 2.63. The number of hydrogen-bond donors (Lipinski definition) is 1. The number of ether oxygens (including phenoxy) is 2. The van der Waals surface area contributed by atoms with E-state index >= 15 is 0 Å². The van der Waals surface area contributed by atoms with Gasteiger partial charge in [0.2, 0.25) is 0 Å². The lowest BCUT2D eigenvalue weighted by Gasteiger charge is -2.18. The number of benzene rings is 1. The van der Waals surface area contributed by atoms with Crippen molar-refractivity contribution >= 4 is 11.5 Å². The highest BCUT2D eigenvalue weighted by Crippen LogP contribution is 2.41. The zero-order chi connectivity index (χ0) is 12.6. The fourth-order valence-corrected chi connectivity index (χ4v) is 1.99. The predicted molar refractivity (Wildman–Crippen MR) is 62.6 cm³/mol. The number of Topliss-reactive ketones (excluding diaryl/α,β-unsaturated/α-hetero) is 1. The Labute approximate surface area is 99.5 Å². The highest BCUT2D eigenvalue weighted by molar-refractivity contribution is 5.94. The normalized spacial score (nSPS) is 21.8. The summed E-state index contributed by atoms with van der Waals surface area (Å²) in [6, 6.07) is 5.13. The molecule has 0 radical (unpaired) electrons. The molecule has 1 aliphatic rings. The molecule has 0 aliphatic heterocycles. The Morgan fingerprint density at radius 3 is 2.53 bits per heavy atom. The van der Waals surface area contributed by atoms with Crippen LogP contribution >= 0.6 is 0 Å². The third kappa shape index (κ3) is 1.61. The average Bonchev–Trinajstić information content (AvgIpc) is 2.63. The summed E-state index contributed by atoms with van der Waals surface area (Å²) in [5, 5.41) is 10.3. The third-order valence-corrected chi connectivity index (χ3v) is 3.00. The summed E-state index contributed by atoms with van der Waals surface area (Å²) in [4.78, 5) is 11.6. The van der Waals surface area contributed by atoms with E-state index in [0.717, 1.165) is 0 Å². The SMILES string of the molecule is COC1=CC(O)(C(C)=O)c2ccc(OC)cc21. The Kier molecular flexibility index (Phi) is 2.67. The zero-order valence-electron chi connectivity index (χ0n) is 9.98. The van der Waals surface area contributed by atoms with Crippen LogP contribution in [0, 0.1) is 0 Å². The van der Waals surface area contributed by atoms with Crippen LogP contribution in [0.25, 0.3) is 5.76 Å². The molecule has 1 aliphatic carbocycles. The number of hydrogen-bond acceptors (Lipinski definition) is 4. The van der Waals surface area contributed by atoms with Gasteiger partial charge in [0.05, 0.1) is 14.2 Å². The molecule has 0 saturated carbocycles. The molecule has 4 heteroatoms. The van der Waals surface area contributed by atoms with Crippen LogP contribution < -0.4 is 4.74 Å². The van der Waals surface area contributed by atoms with Crippen LogP contribution in [-0.2, 0) is 15.1 Å². The van der Waals surface area contributed by atoms with Gasteiger partial charge in [0, 0.05) is 17.2 Å². The van der Waals surface area contributed by atoms with Crippen molar-refractivity contribution in [1.29, 1.82) is 0 Å². The lowest BCUT2D eigenvalue weighted by Crippen LogP contribution is -2.29. The second-order valence-corrected chi connectivity index (χ2v) is 3.95. The van der Waals surface area contributed by atoms with Gasteiger partial charge in [0.1, 0.15) is 11.5 Å². The standard InChI is InChI=1S/C13H14O4/c1-8(14)13(15)7-12(17-3)10-6-9(16-2)4-5-11(10)13/h4-7,15H,1-3H3. The van der Waals surface area contributed by atoms with Crippen molar-refractivity contribution in [2.45, 2.75) is 12.5 Å². The number of carbonyl (C=O) groups is 1. The molecule has 17 heavy (non-hydrogen) atoms. The number of methoxy groups -OCH3 is 2. The number of aliphatic hydroxyl groups is 1. The molecule has 4 nitrogen and oxygen atoms in total. The average molecular weight is 234 g/mol. The van der Waals surface area contributed by atoms with Crippen LogP contribution in [0.2, 0.25) is 0 Å². The van der Waals surface area contributed by atoms with Crippen molar-refractivity contribution in [2.24, 2.45) is 0 Å². The first-order chi connectivity index (χ1) is 8.02. The molecule has 0 fully saturated rings. The van der Waals surface area contributed by atoms with Crippen molar-refractivity contribution in [3.8, 4) is 5.75 Å². The molecule has 0 bridgehead atoms. The Morgan fingerprint density at radius 1 is 1.29 bits per heavy atom. The van der Waals surface area contributed by atoms with Crippen molar-refractivity contribution in [3.05, 3.63) is 35.4 Å². The van der Waals surface area contributed by atoms with Crippen LogP contribution in [0.3, 0.4) is 0 Å². The smallest absolute Gasteiger partial charge is 0.170 e. The minimum absolute atomic E-state index is 0.337. The van der Waals surface area contributed by atoms with E-state index in [1.165, 1.54) is 20.1 Å². The minimum atomic E-state index is -1.59. The van der Waals surface area contributed by atoms with Crippen LogP contribution in [0.15, 0.2) is 24.3 Å². The molecule has 1 aromatic rings. The van der Waals surface area contributed by atoms with Gasteiger partial charge in [-0.25, -0.2) is 0 Å². The summed E-state index contributed by atoms with van der Waals surface area (Å²) in [5.74, 6) is 0.798. The fourth-order valence-electron chi connectivity index (χ4n) is 1.99. The topological polar surface area (TPSA) is 55.8 Å². The number of fused-ring (bicyclic) bond motifs is 1. The first-order valence-electron chi connectivity index (χ1n) is 5.22. The molecule has 1 atom stereocenters. The highest BCUT2D eigenvalue weighted by atomic mass is 16.5. The van der Waals surface area contributed by atoms with E-state index < -0.39 is 5.60 Å². The number of rotatable bonds is 3. The second-order valence-electron chi connectivity index (χ2n) is 3.95. The Hall–Kier alpha value is -1.81. The maximum Gasteiger partial charge on any atom is 0.170 e. The fraction of sp³-hybridized carbons (Fsp3) is 0.308. The molecular weight excluding hydrogens is 220 g/mol. The van der Waals surface area contributed by atoms with Gasteiger partial charge in [-0.1, -0.05) is 6.07 Å².